The predicted molar refractivity (Wildman–Crippen MR) is 87.0 cm³/mol. The number of nitrogens with zero attached hydrogens (tertiary/aromatic N) is 1. The van der Waals surface area contributed by atoms with Gasteiger partial charge in [-0.05, 0) is 37.9 Å². The quantitative estimate of drug-likeness (QED) is 0.615. The molecule has 0 spiro atoms. The van der Waals surface area contributed by atoms with Gasteiger partial charge in [0.05, 0.1) is 0 Å². The molecule has 1 saturated heterocycles. The average molecular weight is 288 g/mol. The van der Waals surface area contributed by atoms with Crippen LogP contribution in [0.25, 0.3) is 0 Å². The zero-order chi connectivity index (χ0) is 13.1. The van der Waals surface area contributed by atoms with E-state index in [0.29, 0.717) is 10.2 Å². The number of hydrogen-bond acceptors (Lipinski definition) is 3. The van der Waals surface area contributed by atoms with Crippen molar-refractivity contribution in [1.29, 1.82) is 0 Å². The molecule has 1 aliphatic heterocycles. The molecule has 1 heterocycles. The van der Waals surface area contributed by atoms with Gasteiger partial charge in [-0.25, -0.2) is 0 Å². The van der Waals surface area contributed by atoms with E-state index in [2.05, 4.69) is 30.5 Å². The van der Waals surface area contributed by atoms with Crippen molar-refractivity contribution < 1.29 is 0 Å². The summed E-state index contributed by atoms with van der Waals surface area (Å²) < 4.78 is 0.445. The van der Waals surface area contributed by atoms with Crippen LogP contribution >= 0.6 is 24.4 Å². The molecule has 1 nitrogen and oxygen atoms in total. The van der Waals surface area contributed by atoms with Gasteiger partial charge in [0.2, 0.25) is 0 Å². The summed E-state index contributed by atoms with van der Waals surface area (Å²) in [6, 6.07) is 0. The van der Waals surface area contributed by atoms with Gasteiger partial charge in [-0.3, -0.25) is 0 Å². The molecule has 0 aromatic carbocycles. The van der Waals surface area contributed by atoms with Crippen LogP contribution in [0.1, 0.15) is 52.4 Å². The van der Waals surface area contributed by atoms with Crippen LogP contribution in [0.5, 0.6) is 0 Å². The van der Waals surface area contributed by atoms with E-state index in [9.17, 15) is 0 Å². The topological polar surface area (TPSA) is 3.24 Å². The Hall–Kier alpha value is 0.660. The lowest BCUT2D eigenvalue weighted by Gasteiger charge is -2.43. The summed E-state index contributed by atoms with van der Waals surface area (Å²) >= 11 is 6.84. The van der Waals surface area contributed by atoms with Gasteiger partial charge < -0.3 is 4.90 Å². The smallest absolute Gasteiger partial charge is 0.0231 e. The van der Waals surface area contributed by atoms with Crippen LogP contribution in [-0.2, 0) is 0 Å². The molecule has 0 atom stereocenters. The Labute approximate surface area is 123 Å². The number of thioether (sulfide) groups is 1. The van der Waals surface area contributed by atoms with E-state index in [1.54, 1.807) is 0 Å². The molecule has 106 valence electrons. The highest BCUT2D eigenvalue weighted by atomic mass is 32.2. The number of rotatable bonds is 3. The fourth-order valence-corrected chi connectivity index (χ4v) is 5.16. The molecule has 0 bridgehead atoms. The summed E-state index contributed by atoms with van der Waals surface area (Å²) in [6.45, 7) is 8.62. The Morgan fingerprint density at radius 1 is 1.11 bits per heavy atom. The van der Waals surface area contributed by atoms with Crippen molar-refractivity contribution in [2.75, 3.05) is 31.1 Å². The maximum absolute atomic E-state index is 4.71. The molecule has 0 N–H and O–H groups in total. The Morgan fingerprint density at radius 3 is 2.33 bits per heavy atom. The molecule has 2 fully saturated rings. The van der Waals surface area contributed by atoms with Crippen LogP contribution in [0, 0.1) is 5.41 Å². The molecule has 2 rings (SSSR count). The van der Waals surface area contributed by atoms with Crippen molar-refractivity contribution in [3.8, 4) is 0 Å². The lowest BCUT2D eigenvalue weighted by Crippen LogP contribution is -2.48. The Bertz CT molecular complexity index is 257. The number of hydrogen-bond donors (Lipinski definition) is 1. The molecule has 3 heteroatoms. The van der Waals surface area contributed by atoms with Crippen LogP contribution in [0.4, 0.5) is 0 Å². The van der Waals surface area contributed by atoms with Crippen LogP contribution in [0.3, 0.4) is 0 Å². The van der Waals surface area contributed by atoms with E-state index in [0.717, 1.165) is 5.75 Å². The van der Waals surface area contributed by atoms with Gasteiger partial charge in [0.25, 0.3) is 0 Å². The van der Waals surface area contributed by atoms with Gasteiger partial charge in [0.15, 0.2) is 0 Å². The van der Waals surface area contributed by atoms with E-state index < -0.39 is 0 Å². The van der Waals surface area contributed by atoms with Crippen molar-refractivity contribution in [2.24, 2.45) is 5.41 Å². The summed E-state index contributed by atoms with van der Waals surface area (Å²) in [5, 5.41) is 0. The molecular weight excluding hydrogens is 258 g/mol. The highest BCUT2D eigenvalue weighted by molar-refractivity contribution is 8.00. The predicted octanol–water partition coefficient (Wildman–Crippen LogP) is 4.08. The molecule has 0 unspecified atom stereocenters. The molecular formula is C15H29NS2. The second-order valence-corrected chi connectivity index (χ2v) is 9.01. The first kappa shape index (κ1) is 15.1. The Balaban J connectivity index is 1.96. The van der Waals surface area contributed by atoms with E-state index in [-0.39, 0.29) is 0 Å². The third-order valence-corrected chi connectivity index (χ3v) is 6.53. The lowest BCUT2D eigenvalue weighted by atomic mass is 9.81. The fraction of sp³-hybridized carbons (Fsp3) is 1.00. The third-order valence-electron chi connectivity index (χ3n) is 4.56. The molecule has 1 saturated carbocycles. The molecule has 2 aliphatic rings. The van der Waals surface area contributed by atoms with Crippen LogP contribution < -0.4 is 0 Å². The van der Waals surface area contributed by atoms with E-state index >= 15 is 0 Å². The van der Waals surface area contributed by atoms with Crippen molar-refractivity contribution in [3.63, 3.8) is 0 Å². The fourth-order valence-electron chi connectivity index (χ4n) is 3.57. The largest absolute Gasteiger partial charge is 0.301 e. The molecule has 0 aromatic heterocycles. The first-order chi connectivity index (χ1) is 8.55. The van der Waals surface area contributed by atoms with Crippen molar-refractivity contribution in [3.05, 3.63) is 0 Å². The first-order valence-electron chi connectivity index (χ1n) is 7.53. The summed E-state index contributed by atoms with van der Waals surface area (Å²) in [5.74, 6) is 2.38. The average Bonchev–Trinajstić information content (AvgIpc) is 2.54. The molecule has 1 aliphatic carbocycles. The first-order valence-corrected chi connectivity index (χ1v) is 9.14. The summed E-state index contributed by atoms with van der Waals surface area (Å²) in [6.07, 6.45) is 8.54. The normalized spacial score (nSPS) is 28.8. The highest BCUT2D eigenvalue weighted by Gasteiger charge is 2.35. The molecule has 0 aromatic rings. The molecule has 0 radical (unpaired) electrons. The van der Waals surface area contributed by atoms with Crippen LogP contribution in [0.2, 0.25) is 0 Å². The highest BCUT2D eigenvalue weighted by Crippen LogP contribution is 2.39. The molecule has 18 heavy (non-hydrogen) atoms. The van der Waals surface area contributed by atoms with Gasteiger partial charge in [0, 0.05) is 30.1 Å². The van der Waals surface area contributed by atoms with E-state index in [4.69, 9.17) is 12.6 Å². The monoisotopic (exact) mass is 287 g/mol. The van der Waals surface area contributed by atoms with Gasteiger partial charge in [-0.15, -0.1) is 0 Å². The Kier molecular flexibility index (Phi) is 5.36. The maximum Gasteiger partial charge on any atom is 0.0231 e. The number of thiol groups is 1. The van der Waals surface area contributed by atoms with Gasteiger partial charge in [-0.1, -0.05) is 25.7 Å². The van der Waals surface area contributed by atoms with E-state index in [1.807, 2.05) is 0 Å². The van der Waals surface area contributed by atoms with Crippen molar-refractivity contribution in [1.82, 2.24) is 4.90 Å². The summed E-state index contributed by atoms with van der Waals surface area (Å²) in [4.78, 5) is 2.72. The molecule has 0 amide bonds. The standard InChI is InChI=1S/C15H29NS2/c1-14(2)11-16(9-10-18-14)12-15(13-17)7-5-3-4-6-8-15/h17H,3-13H2,1-2H3. The van der Waals surface area contributed by atoms with Gasteiger partial charge in [-0.2, -0.15) is 24.4 Å². The van der Waals surface area contributed by atoms with Crippen molar-refractivity contribution >= 4 is 24.4 Å². The lowest BCUT2D eigenvalue weighted by molar-refractivity contribution is 0.145. The minimum absolute atomic E-state index is 0.445. The Morgan fingerprint density at radius 2 is 1.78 bits per heavy atom. The SMILES string of the molecule is CC1(C)CN(CC2(CS)CCCCCC2)CCS1. The summed E-state index contributed by atoms with van der Waals surface area (Å²) in [7, 11) is 0. The maximum atomic E-state index is 4.71. The van der Waals surface area contributed by atoms with E-state index in [1.165, 1.54) is 63.9 Å². The zero-order valence-electron chi connectivity index (χ0n) is 12.1. The second kappa shape index (κ2) is 6.41. The van der Waals surface area contributed by atoms with Crippen LogP contribution in [-0.4, -0.2) is 40.8 Å². The van der Waals surface area contributed by atoms with Gasteiger partial charge >= 0.3 is 0 Å². The zero-order valence-corrected chi connectivity index (χ0v) is 13.8. The summed E-state index contributed by atoms with van der Waals surface area (Å²) in [5.41, 5.74) is 0.512. The van der Waals surface area contributed by atoms with Crippen LogP contribution in [0.15, 0.2) is 0 Å². The third kappa shape index (κ3) is 4.08. The van der Waals surface area contributed by atoms with Gasteiger partial charge in [0.1, 0.15) is 0 Å². The second-order valence-electron chi connectivity index (χ2n) is 6.89. The van der Waals surface area contributed by atoms with Crippen molar-refractivity contribution in [2.45, 2.75) is 57.1 Å². The minimum atomic E-state index is 0.445. The minimum Gasteiger partial charge on any atom is -0.301 e.